The lowest BCUT2D eigenvalue weighted by atomic mass is 10.2. The Balaban J connectivity index is 2.68. The van der Waals surface area contributed by atoms with Gasteiger partial charge in [0.05, 0.1) is 5.69 Å². The maximum absolute atomic E-state index is 12.8. The molecule has 8 heteroatoms. The Morgan fingerprint density at radius 3 is 2.36 bits per heavy atom. The lowest BCUT2D eigenvalue weighted by Crippen LogP contribution is -2.38. The van der Waals surface area contributed by atoms with Gasteiger partial charge in [0.1, 0.15) is 0 Å². The van der Waals surface area contributed by atoms with Crippen LogP contribution < -0.4 is 15.6 Å². The van der Waals surface area contributed by atoms with E-state index in [1.54, 1.807) is 25.1 Å². The van der Waals surface area contributed by atoms with Gasteiger partial charge < -0.3 is 4.98 Å². The molecule has 1 aromatic carbocycles. The van der Waals surface area contributed by atoms with Gasteiger partial charge in [0.15, 0.2) is 4.90 Å². The number of aromatic amines is 2. The molecule has 0 fully saturated rings. The monoisotopic (exact) mass is 323 g/mol. The number of nitrogens with zero attached hydrogens (tertiary/aromatic N) is 1. The molecule has 0 aliphatic carbocycles. The number of nitrogens with one attached hydrogen (secondary N) is 2. The first-order valence-corrected chi connectivity index (χ1v) is 8.14. The normalized spacial score (nSPS) is 11.4. The predicted octanol–water partition coefficient (Wildman–Crippen LogP) is 0.895. The number of H-pyrrole nitrogens is 2. The second-order valence-electron chi connectivity index (χ2n) is 4.87. The van der Waals surface area contributed by atoms with Crippen LogP contribution in [0, 0.1) is 13.8 Å². The fourth-order valence-electron chi connectivity index (χ4n) is 2.28. The van der Waals surface area contributed by atoms with Crippen LogP contribution >= 0.6 is 0 Å². The van der Waals surface area contributed by atoms with Gasteiger partial charge in [-0.25, -0.2) is 13.2 Å². The quantitative estimate of drug-likeness (QED) is 0.872. The summed E-state index contributed by atoms with van der Waals surface area (Å²) in [6.45, 7) is 5.06. The van der Waals surface area contributed by atoms with Crippen LogP contribution in [0.3, 0.4) is 0 Å². The van der Waals surface area contributed by atoms with E-state index < -0.39 is 26.2 Å². The minimum atomic E-state index is -4.08. The molecule has 0 amide bonds. The fourth-order valence-corrected chi connectivity index (χ4v) is 3.96. The molecule has 0 saturated heterocycles. The van der Waals surface area contributed by atoms with E-state index in [0.29, 0.717) is 5.69 Å². The van der Waals surface area contributed by atoms with E-state index in [4.69, 9.17) is 0 Å². The second-order valence-corrected chi connectivity index (χ2v) is 6.67. The van der Waals surface area contributed by atoms with E-state index in [0.717, 1.165) is 9.87 Å². The number of anilines is 1. The molecule has 0 saturated carbocycles. The molecule has 0 spiro atoms. The van der Waals surface area contributed by atoms with Crippen LogP contribution in [-0.4, -0.2) is 24.9 Å². The van der Waals surface area contributed by atoms with Gasteiger partial charge in [0, 0.05) is 12.2 Å². The average molecular weight is 323 g/mol. The third-order valence-electron chi connectivity index (χ3n) is 3.20. The van der Waals surface area contributed by atoms with Crippen LogP contribution in [0.5, 0.6) is 0 Å². The molecule has 2 aromatic rings. The highest BCUT2D eigenvalue weighted by atomic mass is 32.2. The number of hydrogen-bond acceptors (Lipinski definition) is 4. The molecule has 2 N–H and O–H groups in total. The van der Waals surface area contributed by atoms with Crippen molar-refractivity contribution in [2.24, 2.45) is 0 Å². The summed E-state index contributed by atoms with van der Waals surface area (Å²) in [6, 6.07) is 6.97. The summed E-state index contributed by atoms with van der Waals surface area (Å²) in [4.78, 5) is 27.0. The summed E-state index contributed by atoms with van der Waals surface area (Å²) < 4.78 is 26.8. The number of aromatic nitrogens is 2. The maximum Gasteiger partial charge on any atom is 0.325 e. The van der Waals surface area contributed by atoms with E-state index in [1.165, 1.54) is 6.92 Å². The molecule has 118 valence electrons. The summed E-state index contributed by atoms with van der Waals surface area (Å²) in [5.74, 6) is 0. The standard InChI is InChI=1S/C14H17N3O4S/c1-4-17(11-7-5-6-9(2)8-11)22(20,21)12-10(3)15-14(19)16-13(12)18/h5-8H,4H2,1-3H3,(H2,15,16,18,19). The molecule has 1 heterocycles. The molecular formula is C14H17N3O4S. The first-order valence-electron chi connectivity index (χ1n) is 6.70. The molecule has 7 nitrogen and oxygen atoms in total. The van der Waals surface area contributed by atoms with Crippen molar-refractivity contribution in [2.75, 3.05) is 10.8 Å². The number of sulfonamides is 1. The van der Waals surface area contributed by atoms with Gasteiger partial charge in [-0.3, -0.25) is 14.1 Å². The van der Waals surface area contributed by atoms with E-state index >= 15 is 0 Å². The molecule has 0 unspecified atom stereocenters. The summed E-state index contributed by atoms with van der Waals surface area (Å²) >= 11 is 0. The first kappa shape index (κ1) is 16.0. The highest BCUT2D eigenvalue weighted by Gasteiger charge is 2.29. The zero-order valence-corrected chi connectivity index (χ0v) is 13.3. The molecule has 0 aliphatic heterocycles. The van der Waals surface area contributed by atoms with Crippen molar-refractivity contribution in [3.05, 3.63) is 56.4 Å². The van der Waals surface area contributed by atoms with Gasteiger partial charge in [-0.1, -0.05) is 12.1 Å². The topological polar surface area (TPSA) is 103 Å². The Hall–Kier alpha value is -2.35. The molecule has 22 heavy (non-hydrogen) atoms. The third kappa shape index (κ3) is 2.82. The van der Waals surface area contributed by atoms with Gasteiger partial charge in [0.2, 0.25) is 0 Å². The van der Waals surface area contributed by atoms with Crippen LogP contribution in [0.4, 0.5) is 5.69 Å². The molecule has 1 aromatic heterocycles. The molecular weight excluding hydrogens is 306 g/mol. The molecule has 0 radical (unpaired) electrons. The van der Waals surface area contributed by atoms with Crippen molar-refractivity contribution in [1.29, 1.82) is 0 Å². The summed E-state index contributed by atoms with van der Waals surface area (Å²) in [5, 5.41) is 0. The van der Waals surface area contributed by atoms with Crippen molar-refractivity contribution >= 4 is 15.7 Å². The predicted molar refractivity (Wildman–Crippen MR) is 83.8 cm³/mol. The fraction of sp³-hybridized carbons (Fsp3) is 0.286. The Bertz CT molecular complexity index is 912. The smallest absolute Gasteiger partial charge is 0.310 e. The van der Waals surface area contributed by atoms with Gasteiger partial charge in [0.25, 0.3) is 15.6 Å². The SMILES string of the molecule is CCN(c1cccc(C)c1)S(=O)(=O)c1c(C)[nH]c(=O)[nH]c1=O. The van der Waals surface area contributed by atoms with Crippen molar-refractivity contribution < 1.29 is 8.42 Å². The lowest BCUT2D eigenvalue weighted by molar-refractivity contribution is 0.588. The summed E-state index contributed by atoms with van der Waals surface area (Å²) in [5.41, 5.74) is -0.280. The second kappa shape index (κ2) is 5.80. The van der Waals surface area contributed by atoms with E-state index in [1.807, 2.05) is 18.0 Å². The minimum Gasteiger partial charge on any atom is -0.310 e. The molecule has 0 atom stereocenters. The van der Waals surface area contributed by atoms with Crippen LogP contribution in [-0.2, 0) is 10.0 Å². The zero-order chi connectivity index (χ0) is 16.5. The van der Waals surface area contributed by atoms with E-state index in [-0.39, 0.29) is 12.2 Å². The highest BCUT2D eigenvalue weighted by molar-refractivity contribution is 7.92. The number of aryl methyl sites for hydroxylation is 2. The zero-order valence-electron chi connectivity index (χ0n) is 12.5. The van der Waals surface area contributed by atoms with Gasteiger partial charge in [-0.05, 0) is 38.5 Å². The minimum absolute atomic E-state index is 0.0138. The Morgan fingerprint density at radius 2 is 1.82 bits per heavy atom. The van der Waals surface area contributed by atoms with Gasteiger partial charge >= 0.3 is 5.69 Å². The average Bonchev–Trinajstić information content (AvgIpc) is 2.37. The van der Waals surface area contributed by atoms with Crippen LogP contribution in [0.25, 0.3) is 0 Å². The summed E-state index contributed by atoms with van der Waals surface area (Å²) in [7, 11) is -4.08. The lowest BCUT2D eigenvalue weighted by Gasteiger charge is -2.23. The Kier molecular flexibility index (Phi) is 4.23. The Morgan fingerprint density at radius 1 is 1.14 bits per heavy atom. The van der Waals surface area contributed by atoms with Crippen molar-refractivity contribution in [1.82, 2.24) is 9.97 Å². The number of hydrogen-bond donors (Lipinski definition) is 2. The third-order valence-corrected chi connectivity index (χ3v) is 5.26. The first-order chi connectivity index (χ1) is 10.3. The number of rotatable bonds is 4. The van der Waals surface area contributed by atoms with Gasteiger partial charge in [-0.2, -0.15) is 0 Å². The molecule has 0 bridgehead atoms. The van der Waals surface area contributed by atoms with Crippen molar-refractivity contribution in [3.63, 3.8) is 0 Å². The molecule has 2 rings (SSSR count). The van der Waals surface area contributed by atoms with E-state index in [2.05, 4.69) is 4.98 Å². The summed E-state index contributed by atoms with van der Waals surface area (Å²) in [6.07, 6.45) is 0. The van der Waals surface area contributed by atoms with Crippen molar-refractivity contribution in [2.45, 2.75) is 25.7 Å². The molecule has 0 aliphatic rings. The maximum atomic E-state index is 12.8. The number of benzene rings is 1. The largest absolute Gasteiger partial charge is 0.325 e. The highest BCUT2D eigenvalue weighted by Crippen LogP contribution is 2.23. The van der Waals surface area contributed by atoms with Crippen LogP contribution in [0.1, 0.15) is 18.2 Å². The van der Waals surface area contributed by atoms with Crippen LogP contribution in [0.2, 0.25) is 0 Å². The Labute approximate surface area is 127 Å². The van der Waals surface area contributed by atoms with E-state index in [9.17, 15) is 18.0 Å². The van der Waals surface area contributed by atoms with Gasteiger partial charge in [-0.15, -0.1) is 0 Å². The van der Waals surface area contributed by atoms with Crippen molar-refractivity contribution in [3.8, 4) is 0 Å². The van der Waals surface area contributed by atoms with Crippen LogP contribution in [0.15, 0.2) is 38.8 Å².